The Hall–Kier alpha value is -4.39. The second-order valence-electron chi connectivity index (χ2n) is 12.8. The average Bonchev–Trinajstić information content (AvgIpc) is 3.54. The number of nitrogens with one attached hydrogen (secondary N) is 1. The van der Waals surface area contributed by atoms with Crippen molar-refractivity contribution in [3.05, 3.63) is 39.4 Å². The number of carbonyl (C=O) groups excluding carboxylic acids is 2. The highest BCUT2D eigenvalue weighted by Crippen LogP contribution is 2.63. The SMILES string of the molecule is COc1c(C)cc2c(c1O)[C@@H]1C3[C@@H]4SC[C@H](NC(=O)CCC(=O)O)C(=O)OC[C@@H](c5c6c(c(C)c(O)c54)OCO6)N3[C@@H](C#N)[C@H](C2)N1C. The number of fused-ring (bicyclic) bond motifs is 9. The molecule has 48 heavy (non-hydrogen) atoms. The fraction of sp³-hybridized carbons (Fsp3) is 0.515. The van der Waals surface area contributed by atoms with Gasteiger partial charge < -0.3 is 39.6 Å². The number of piperazine rings is 1. The second-order valence-corrected chi connectivity index (χ2v) is 14.0. The van der Waals surface area contributed by atoms with Crippen molar-refractivity contribution in [2.75, 3.05) is 33.3 Å². The molecule has 15 heteroatoms. The first kappa shape index (κ1) is 32.2. The number of rotatable bonds is 5. The first-order chi connectivity index (χ1) is 23.0. The highest BCUT2D eigenvalue weighted by atomic mass is 32.2. The number of methoxy groups -OCH3 is 1. The van der Waals surface area contributed by atoms with E-state index in [1.165, 1.54) is 18.9 Å². The van der Waals surface area contributed by atoms with E-state index in [-0.39, 0.29) is 43.1 Å². The number of aryl methyl sites for hydroxylation is 1. The molecule has 5 aliphatic rings. The standard InChI is InChI=1S/C33H36N4O10S/c1-13-7-15-8-17-18(9-34)37-19-10-45-33(43)16(35-20(38)5-6-21(39)40)11-48-32(24-23(19)31-30(46-12-47-31)14(2)27(24)41)26(37)25(36(17)3)22(15)28(42)29(13)44-4/h7,16-19,25-26,32,41-42H,5-6,8,10-12H2,1-4H3,(H,35,38)(H,39,40)/t16-,17-,18-,19-,25+,26?,32+/m0/s1. The highest BCUT2D eigenvalue weighted by Gasteiger charge is 2.60. The molecule has 14 nitrogen and oxygen atoms in total. The molecule has 2 aromatic carbocycles. The van der Waals surface area contributed by atoms with Crippen LogP contribution in [-0.2, 0) is 25.5 Å². The molecule has 1 unspecified atom stereocenters. The third kappa shape index (κ3) is 4.72. The summed E-state index contributed by atoms with van der Waals surface area (Å²) in [6.07, 6.45) is -0.235. The number of hydrogen-bond donors (Lipinski definition) is 4. The molecule has 4 N–H and O–H groups in total. The van der Waals surface area contributed by atoms with Gasteiger partial charge in [-0.3, -0.25) is 19.4 Å². The van der Waals surface area contributed by atoms with E-state index >= 15 is 0 Å². The Kier molecular flexibility index (Phi) is 8.00. The number of hydrogen-bond acceptors (Lipinski definition) is 13. The lowest BCUT2D eigenvalue weighted by atomic mass is 9.71. The van der Waals surface area contributed by atoms with Crippen molar-refractivity contribution in [1.29, 1.82) is 5.26 Å². The van der Waals surface area contributed by atoms with Crippen molar-refractivity contribution in [2.24, 2.45) is 0 Å². The number of carboxylic acids is 1. The fourth-order valence-corrected chi connectivity index (χ4v) is 9.81. The van der Waals surface area contributed by atoms with Gasteiger partial charge in [-0.2, -0.15) is 5.26 Å². The summed E-state index contributed by atoms with van der Waals surface area (Å²) in [5.41, 5.74) is 3.94. The Balaban J connectivity index is 1.43. The summed E-state index contributed by atoms with van der Waals surface area (Å²) in [5, 5.41) is 45.6. The minimum Gasteiger partial charge on any atom is -0.507 e. The molecule has 0 radical (unpaired) electrons. The number of carbonyl (C=O) groups is 3. The van der Waals surface area contributed by atoms with Crippen molar-refractivity contribution in [3.8, 4) is 34.8 Å². The Morgan fingerprint density at radius 3 is 2.58 bits per heavy atom. The average molecular weight is 681 g/mol. The highest BCUT2D eigenvalue weighted by molar-refractivity contribution is 7.99. The van der Waals surface area contributed by atoms with E-state index in [4.69, 9.17) is 24.1 Å². The number of cyclic esters (lactones) is 1. The molecule has 0 aliphatic carbocycles. The molecule has 254 valence electrons. The summed E-state index contributed by atoms with van der Waals surface area (Å²) in [5.74, 6) is -1.27. The molecule has 5 heterocycles. The van der Waals surface area contributed by atoms with Crippen LogP contribution in [0.1, 0.15) is 63.6 Å². The van der Waals surface area contributed by atoms with E-state index in [0.29, 0.717) is 45.9 Å². The lowest BCUT2D eigenvalue weighted by Crippen LogP contribution is -2.69. The van der Waals surface area contributed by atoms with Crippen LogP contribution in [0.25, 0.3) is 0 Å². The quantitative estimate of drug-likeness (QED) is 0.337. The van der Waals surface area contributed by atoms with Gasteiger partial charge in [-0.15, -0.1) is 11.8 Å². The zero-order chi connectivity index (χ0) is 34.2. The first-order valence-corrected chi connectivity index (χ1v) is 16.8. The first-order valence-electron chi connectivity index (χ1n) is 15.7. The van der Waals surface area contributed by atoms with Gasteiger partial charge in [-0.1, -0.05) is 6.07 Å². The van der Waals surface area contributed by atoms with Crippen LogP contribution in [0.5, 0.6) is 28.7 Å². The van der Waals surface area contributed by atoms with Crippen LogP contribution in [-0.4, -0.2) is 100 Å². The van der Waals surface area contributed by atoms with Gasteiger partial charge in [0, 0.05) is 46.5 Å². The van der Waals surface area contributed by atoms with Gasteiger partial charge in [-0.05, 0) is 38.4 Å². The van der Waals surface area contributed by atoms with E-state index < -0.39 is 59.7 Å². The number of ether oxygens (including phenoxy) is 4. The monoisotopic (exact) mass is 680 g/mol. The molecular weight excluding hydrogens is 644 g/mol. The van der Waals surface area contributed by atoms with Crippen molar-refractivity contribution in [3.63, 3.8) is 0 Å². The van der Waals surface area contributed by atoms with Crippen LogP contribution in [0.4, 0.5) is 0 Å². The number of nitrogens with zero attached hydrogens (tertiary/aromatic N) is 3. The van der Waals surface area contributed by atoms with Gasteiger partial charge in [0.15, 0.2) is 23.0 Å². The lowest BCUT2D eigenvalue weighted by molar-refractivity contribution is -0.152. The number of nitriles is 1. The molecule has 0 aromatic heterocycles. The predicted molar refractivity (Wildman–Crippen MR) is 169 cm³/mol. The zero-order valence-corrected chi connectivity index (χ0v) is 27.6. The lowest BCUT2D eigenvalue weighted by Gasteiger charge is -2.61. The Labute approximate surface area is 280 Å². The molecule has 0 spiro atoms. The van der Waals surface area contributed by atoms with E-state index in [2.05, 4.69) is 21.2 Å². The Bertz CT molecular complexity index is 1780. The number of amides is 1. The van der Waals surface area contributed by atoms with Crippen molar-refractivity contribution < 1.29 is 48.7 Å². The number of phenols is 2. The normalized spacial score (nSPS) is 28.7. The van der Waals surface area contributed by atoms with Crippen LogP contribution < -0.4 is 19.5 Å². The van der Waals surface area contributed by atoms with Gasteiger partial charge in [0.2, 0.25) is 12.7 Å². The molecule has 7 atom stereocenters. The predicted octanol–water partition coefficient (Wildman–Crippen LogP) is 2.36. The zero-order valence-electron chi connectivity index (χ0n) is 26.8. The topological polar surface area (TPSA) is 191 Å². The van der Waals surface area contributed by atoms with E-state index in [1.807, 2.05) is 20.0 Å². The number of esters is 1. The summed E-state index contributed by atoms with van der Waals surface area (Å²) in [6.45, 7) is 3.29. The number of aliphatic carboxylic acids is 1. The minimum absolute atomic E-state index is 0.00892. The fourth-order valence-electron chi connectivity index (χ4n) is 8.29. The van der Waals surface area contributed by atoms with Crippen molar-refractivity contribution in [1.82, 2.24) is 15.1 Å². The third-order valence-electron chi connectivity index (χ3n) is 10.3. The maximum Gasteiger partial charge on any atom is 0.329 e. The number of thioether (sulfide) groups is 1. The van der Waals surface area contributed by atoms with Crippen molar-refractivity contribution in [2.45, 2.75) is 74.6 Å². The van der Waals surface area contributed by atoms with Crippen LogP contribution in [0.15, 0.2) is 6.07 Å². The van der Waals surface area contributed by atoms with Gasteiger partial charge in [0.25, 0.3) is 0 Å². The second kappa shape index (κ2) is 11.9. The molecular formula is C33H36N4O10S. The number of aromatic hydroxyl groups is 2. The molecule has 2 fully saturated rings. The van der Waals surface area contributed by atoms with Crippen LogP contribution in [0, 0.1) is 25.2 Å². The summed E-state index contributed by atoms with van der Waals surface area (Å²) >= 11 is 1.31. The van der Waals surface area contributed by atoms with Gasteiger partial charge >= 0.3 is 11.9 Å². The van der Waals surface area contributed by atoms with Crippen LogP contribution >= 0.6 is 11.8 Å². The van der Waals surface area contributed by atoms with E-state index in [1.54, 1.807) is 6.92 Å². The van der Waals surface area contributed by atoms with Gasteiger partial charge in [0.05, 0.1) is 36.9 Å². The molecule has 2 aromatic rings. The summed E-state index contributed by atoms with van der Waals surface area (Å²) < 4.78 is 23.4. The van der Waals surface area contributed by atoms with E-state index in [9.17, 15) is 29.9 Å². The molecule has 2 saturated heterocycles. The summed E-state index contributed by atoms with van der Waals surface area (Å²) in [7, 11) is 3.43. The van der Waals surface area contributed by atoms with Gasteiger partial charge in [0.1, 0.15) is 24.4 Å². The Morgan fingerprint density at radius 1 is 1.12 bits per heavy atom. The van der Waals surface area contributed by atoms with Gasteiger partial charge in [-0.25, -0.2) is 4.79 Å². The summed E-state index contributed by atoms with van der Waals surface area (Å²) in [6, 6.07) is 0.622. The number of benzene rings is 2. The van der Waals surface area contributed by atoms with Crippen molar-refractivity contribution >= 4 is 29.6 Å². The van der Waals surface area contributed by atoms with E-state index in [0.717, 1.165) is 11.1 Å². The number of likely N-dealkylation sites (N-methyl/N-ethyl adjacent to an activating group) is 1. The third-order valence-corrected chi connectivity index (χ3v) is 11.7. The largest absolute Gasteiger partial charge is 0.507 e. The maximum absolute atomic E-state index is 13.5. The summed E-state index contributed by atoms with van der Waals surface area (Å²) in [4.78, 5) is 41.5. The minimum atomic E-state index is -1.14. The smallest absolute Gasteiger partial charge is 0.329 e. The molecule has 7 rings (SSSR count). The number of phenolic OH excluding ortho intramolecular Hbond substituents is 2. The van der Waals surface area contributed by atoms with Crippen LogP contribution in [0.3, 0.4) is 0 Å². The Morgan fingerprint density at radius 2 is 1.88 bits per heavy atom. The maximum atomic E-state index is 13.5. The molecule has 1 amide bonds. The molecule has 0 saturated carbocycles. The molecule has 5 aliphatic heterocycles. The molecule has 4 bridgehead atoms. The number of carboxylic acid groups (broad SMARTS) is 1. The van der Waals surface area contributed by atoms with Crippen LogP contribution in [0.2, 0.25) is 0 Å².